The number of allylic oxidation sites excluding steroid dienone is 9. The molecule has 0 radical (unpaired) electrons. The summed E-state index contributed by atoms with van der Waals surface area (Å²) in [5, 5.41) is 0. The average Bonchev–Trinajstić information content (AvgIpc) is 2.77. The molecule has 0 aromatic carbocycles. The molecule has 0 aliphatic heterocycles. The van der Waals surface area contributed by atoms with Crippen molar-refractivity contribution >= 4 is 0 Å². The van der Waals surface area contributed by atoms with Crippen molar-refractivity contribution in [1.29, 1.82) is 0 Å². The topological polar surface area (TPSA) is 9.23 Å². The second-order valence-electron chi connectivity index (χ2n) is 6.25. The van der Waals surface area contributed by atoms with Crippen molar-refractivity contribution in [1.82, 2.24) is 0 Å². The van der Waals surface area contributed by atoms with Gasteiger partial charge in [-0.1, -0.05) is 84.9 Å². The zero-order valence-corrected chi connectivity index (χ0v) is 19.2. The number of hydrogen-bond donors (Lipinski definition) is 0. The van der Waals surface area contributed by atoms with E-state index in [0.717, 1.165) is 19.3 Å². The van der Waals surface area contributed by atoms with Crippen molar-refractivity contribution in [3.8, 4) is 0 Å². The molecule has 0 spiro atoms. The summed E-state index contributed by atoms with van der Waals surface area (Å²) in [7, 11) is 1.25. The molecule has 0 N–H and O–H groups in total. The van der Waals surface area contributed by atoms with E-state index >= 15 is 0 Å². The quantitative estimate of drug-likeness (QED) is 0.295. The highest BCUT2D eigenvalue weighted by Gasteiger charge is 2.18. The van der Waals surface area contributed by atoms with Gasteiger partial charge in [-0.25, -0.2) is 4.39 Å². The first-order chi connectivity index (χ1) is 13.3. The van der Waals surface area contributed by atoms with E-state index in [4.69, 9.17) is 0 Å². The Bertz CT molecular complexity index is 618. The minimum Gasteiger partial charge on any atom is -0.494 e. The Morgan fingerprint density at radius 2 is 1.57 bits per heavy atom. The molecule has 28 heavy (non-hydrogen) atoms. The SMILES string of the molecule is C=C(OC)/C(F)=C(/F)C(=C)C1=CC=C(/C(C)=C/CC(C)CC)CC1.CC.CC. The third-order valence-electron chi connectivity index (χ3n) is 4.52. The smallest absolute Gasteiger partial charge is 0.200 e. The Kier molecular flexibility index (Phi) is 16.3. The fourth-order valence-electron chi connectivity index (χ4n) is 2.38. The molecule has 1 atom stereocenters. The molecule has 1 rings (SSSR count). The molecule has 1 nitrogen and oxygen atoms in total. The highest BCUT2D eigenvalue weighted by molar-refractivity contribution is 5.50. The third kappa shape index (κ3) is 9.34. The molecule has 160 valence electrons. The number of hydrogen-bond acceptors (Lipinski definition) is 1. The molecule has 1 aliphatic carbocycles. The predicted molar refractivity (Wildman–Crippen MR) is 120 cm³/mol. The van der Waals surface area contributed by atoms with Gasteiger partial charge in [0.25, 0.3) is 0 Å². The van der Waals surface area contributed by atoms with Crippen molar-refractivity contribution in [3.05, 3.63) is 71.1 Å². The van der Waals surface area contributed by atoms with E-state index in [9.17, 15) is 8.78 Å². The van der Waals surface area contributed by atoms with Crippen molar-refractivity contribution < 1.29 is 13.5 Å². The van der Waals surface area contributed by atoms with E-state index in [-0.39, 0.29) is 11.3 Å². The molecular weight excluding hydrogens is 354 g/mol. The van der Waals surface area contributed by atoms with Crippen LogP contribution in [0.3, 0.4) is 0 Å². The van der Waals surface area contributed by atoms with Crippen molar-refractivity contribution in [3.63, 3.8) is 0 Å². The van der Waals surface area contributed by atoms with E-state index in [2.05, 4.69) is 44.7 Å². The fourth-order valence-corrected chi connectivity index (χ4v) is 2.38. The highest BCUT2D eigenvalue weighted by Crippen LogP contribution is 2.33. The van der Waals surface area contributed by atoms with E-state index in [1.54, 1.807) is 0 Å². The molecule has 0 bridgehead atoms. The zero-order valence-electron chi connectivity index (χ0n) is 19.2. The minimum atomic E-state index is -1.09. The van der Waals surface area contributed by atoms with Crippen LogP contribution in [0.2, 0.25) is 0 Å². The Labute approximate surface area is 172 Å². The van der Waals surface area contributed by atoms with Gasteiger partial charge >= 0.3 is 0 Å². The number of rotatable bonds is 8. The molecule has 0 amide bonds. The maximum absolute atomic E-state index is 14.1. The van der Waals surface area contributed by atoms with Crippen LogP contribution >= 0.6 is 0 Å². The van der Waals surface area contributed by atoms with Crippen LogP contribution in [0.15, 0.2) is 71.1 Å². The van der Waals surface area contributed by atoms with Gasteiger partial charge < -0.3 is 4.74 Å². The first-order valence-electron chi connectivity index (χ1n) is 10.4. The molecule has 0 saturated heterocycles. The van der Waals surface area contributed by atoms with Crippen LogP contribution in [0, 0.1) is 5.92 Å². The number of halogens is 2. The molecule has 3 heteroatoms. The molecule has 0 heterocycles. The van der Waals surface area contributed by atoms with E-state index in [0.29, 0.717) is 17.9 Å². The number of ether oxygens (including phenoxy) is 1. The summed E-state index contributed by atoms with van der Waals surface area (Å²) >= 11 is 0. The predicted octanol–water partition coefficient (Wildman–Crippen LogP) is 8.93. The van der Waals surface area contributed by atoms with Crippen LogP contribution in [-0.4, -0.2) is 7.11 Å². The highest BCUT2D eigenvalue weighted by atomic mass is 19.2. The lowest BCUT2D eigenvalue weighted by atomic mass is 9.89. The van der Waals surface area contributed by atoms with Crippen molar-refractivity contribution in [2.24, 2.45) is 5.92 Å². The van der Waals surface area contributed by atoms with Gasteiger partial charge in [0.05, 0.1) is 7.11 Å². The van der Waals surface area contributed by atoms with Gasteiger partial charge in [-0.05, 0) is 43.3 Å². The largest absolute Gasteiger partial charge is 0.494 e. The molecule has 0 aromatic heterocycles. The normalized spacial score (nSPS) is 15.4. The Balaban J connectivity index is 0. The van der Waals surface area contributed by atoms with Crippen LogP contribution in [0.5, 0.6) is 0 Å². The summed E-state index contributed by atoms with van der Waals surface area (Å²) in [6.07, 6.45) is 9.72. The monoisotopic (exact) mass is 394 g/mol. The molecule has 0 aromatic rings. The van der Waals surface area contributed by atoms with Gasteiger partial charge in [-0.15, -0.1) is 0 Å². The summed E-state index contributed by atoms with van der Waals surface area (Å²) in [5.74, 6) is -1.76. The Morgan fingerprint density at radius 3 is 2.00 bits per heavy atom. The van der Waals surface area contributed by atoms with Gasteiger partial charge in [-0.2, -0.15) is 4.39 Å². The Morgan fingerprint density at radius 1 is 1.07 bits per heavy atom. The molecule has 0 fully saturated rings. The first-order valence-corrected chi connectivity index (χ1v) is 10.4. The lowest BCUT2D eigenvalue weighted by Gasteiger charge is -2.17. The second kappa shape index (κ2) is 16.1. The van der Waals surface area contributed by atoms with Gasteiger partial charge in [0, 0.05) is 5.57 Å². The van der Waals surface area contributed by atoms with E-state index < -0.39 is 11.7 Å². The summed E-state index contributed by atoms with van der Waals surface area (Å²) in [4.78, 5) is 0. The first kappa shape index (κ1) is 28.3. The lowest BCUT2D eigenvalue weighted by Crippen LogP contribution is -2.00. The lowest BCUT2D eigenvalue weighted by molar-refractivity contribution is 0.281. The van der Waals surface area contributed by atoms with Crippen LogP contribution < -0.4 is 0 Å². The fraction of sp³-hybridized carbons (Fsp3) is 0.520. The Hall–Kier alpha value is -1.90. The summed E-state index contributed by atoms with van der Waals surface area (Å²) in [6, 6.07) is 0. The maximum Gasteiger partial charge on any atom is 0.200 e. The molecule has 1 unspecified atom stereocenters. The average molecular weight is 395 g/mol. The van der Waals surface area contributed by atoms with Crippen LogP contribution in [0.1, 0.15) is 74.1 Å². The van der Waals surface area contributed by atoms with Crippen LogP contribution in [0.25, 0.3) is 0 Å². The zero-order chi connectivity index (χ0) is 22.3. The van der Waals surface area contributed by atoms with Gasteiger partial charge in [0.2, 0.25) is 5.83 Å². The van der Waals surface area contributed by atoms with Gasteiger partial charge in [0.15, 0.2) is 5.83 Å². The van der Waals surface area contributed by atoms with Crippen molar-refractivity contribution in [2.75, 3.05) is 7.11 Å². The summed E-state index contributed by atoms with van der Waals surface area (Å²) < 4.78 is 32.5. The van der Waals surface area contributed by atoms with Gasteiger partial charge in [-0.3, -0.25) is 0 Å². The maximum atomic E-state index is 14.1. The van der Waals surface area contributed by atoms with E-state index in [1.807, 2.05) is 39.8 Å². The van der Waals surface area contributed by atoms with Crippen LogP contribution in [0.4, 0.5) is 8.78 Å². The summed E-state index contributed by atoms with van der Waals surface area (Å²) in [6.45, 7) is 21.5. The minimum absolute atomic E-state index is 0.0576. The standard InChI is InChI=1S/C21H28F2O.2C2H6/c1-7-14(2)8-9-15(3)18-10-12-19(13-11-18)16(4)20(22)21(23)17(5)24-6;2*1-2/h9-10,12,14H,4-5,7-8,11,13H2,1-3,6H3;2*1-2H3/b15-9+,21-20-;;. The molecular formula is C25H40F2O. The molecule has 0 saturated carbocycles. The van der Waals surface area contributed by atoms with Gasteiger partial charge in [0.1, 0.15) is 5.76 Å². The second-order valence-corrected chi connectivity index (χ2v) is 6.25. The van der Waals surface area contributed by atoms with Crippen molar-refractivity contribution in [2.45, 2.75) is 74.1 Å². The third-order valence-corrected chi connectivity index (χ3v) is 4.52. The number of methoxy groups -OCH3 is 1. The van der Waals surface area contributed by atoms with E-state index in [1.165, 1.54) is 18.3 Å². The summed E-state index contributed by atoms with van der Waals surface area (Å²) in [5.41, 5.74) is 3.25. The van der Waals surface area contributed by atoms with Crippen LogP contribution in [-0.2, 0) is 4.74 Å². The molecule has 1 aliphatic rings.